The monoisotopic (exact) mass is 1880 g/mol. The first kappa shape index (κ1) is 119. The van der Waals surface area contributed by atoms with Crippen LogP contribution in [0.4, 0.5) is 0 Å². The Morgan fingerprint density at radius 2 is 0.556 bits per heavy atom. The molecule has 0 aromatic carbocycles. The van der Waals surface area contributed by atoms with Crippen molar-refractivity contribution in [2.75, 3.05) is 222 Å². The van der Waals surface area contributed by atoms with Crippen LogP contribution < -0.4 is 0 Å². The fraction of sp³-hybridized carbons (Fsp3) is 1.00. The first-order valence-corrected chi connectivity index (χ1v) is 56.8. The van der Waals surface area contributed by atoms with Crippen LogP contribution in [0.5, 0.6) is 0 Å². The van der Waals surface area contributed by atoms with Crippen LogP contribution in [0.1, 0.15) is 349 Å². The fourth-order valence-corrected chi connectivity index (χ4v) is 25.4. The lowest BCUT2D eigenvalue weighted by atomic mass is 9.63. The van der Waals surface area contributed by atoms with Gasteiger partial charge in [0.2, 0.25) is 0 Å². The van der Waals surface area contributed by atoms with Gasteiger partial charge in [-0.1, -0.05) is 149 Å². The Morgan fingerprint density at radius 1 is 0.278 bits per heavy atom. The number of likely N-dealkylation sites (tertiary alicyclic amines) is 8. The Morgan fingerprint density at radius 3 is 0.805 bits per heavy atom. The zero-order chi connectivity index (χ0) is 97.2. The van der Waals surface area contributed by atoms with E-state index in [-0.39, 0.29) is 0 Å². The average Bonchev–Trinajstić information content (AvgIpc) is 1.76. The molecule has 18 aliphatic rings. The van der Waals surface area contributed by atoms with Crippen LogP contribution in [0.15, 0.2) is 0 Å². The van der Waals surface area contributed by atoms with Crippen molar-refractivity contribution in [2.45, 2.75) is 440 Å². The molecule has 786 valence electrons. The maximum atomic E-state index is 5.33. The molecular weight excluding hydrogens is 1650 g/mol. The SMILES string of the molecule is CCC(C)C.CCN1CCC2(CCC2)CC1.CCN1CCC2(CCCC2)C1.CC[C@@H]1CCCN(C2CC(OC)C2)C1.CC[C@H]1CCCN(C2CC(OC)C2)C1.COC.COC1CC(N2CCC[C@@H](C)C2)C1.COC1CC(N2CCN(C)[C@@H](C)C2)C1.COC1CC(N2C[C@@H](C)C[C@H](C)C2)C1.COC1CC(N2C[C@H](C)C[C@@H](C)C2)C1.COC1CC(N2C[C@H](C)C[C@H](C)C2)C1.COCC(C)C. The molecule has 0 aromatic heterocycles. The van der Waals surface area contributed by atoms with E-state index in [4.69, 9.17) is 37.9 Å². The number of hydrogen-bond donors (Lipinski definition) is 0. The number of piperazine rings is 1. The summed E-state index contributed by atoms with van der Waals surface area (Å²) < 4.78 is 46.3. The third-order valence-corrected chi connectivity index (χ3v) is 35.8. The zero-order valence-corrected chi connectivity index (χ0v) is 93.2. The summed E-state index contributed by atoms with van der Waals surface area (Å²) in [5.41, 5.74) is 1.63. The fourth-order valence-electron chi connectivity index (χ4n) is 25.4. The number of nitrogens with zero attached hydrogens (tertiary/aromatic N) is 10. The highest BCUT2D eigenvalue weighted by molar-refractivity contribution is 4.99. The van der Waals surface area contributed by atoms with Crippen molar-refractivity contribution in [3.05, 3.63) is 0 Å². The lowest BCUT2D eigenvalue weighted by Crippen LogP contribution is -2.57. The summed E-state index contributed by atoms with van der Waals surface area (Å²) in [7, 11) is 20.0. The van der Waals surface area contributed by atoms with Crippen molar-refractivity contribution in [2.24, 2.45) is 75.9 Å². The van der Waals surface area contributed by atoms with E-state index in [0.29, 0.717) is 54.7 Å². The lowest BCUT2D eigenvalue weighted by Gasteiger charge is -2.47. The van der Waals surface area contributed by atoms with Crippen LogP contribution in [0, 0.1) is 75.9 Å². The molecule has 0 amide bonds. The average molecular weight is 1880 g/mol. The second-order valence-corrected chi connectivity index (χ2v) is 48.1. The van der Waals surface area contributed by atoms with E-state index in [1.165, 1.54) is 369 Å². The highest BCUT2D eigenvalue weighted by Crippen LogP contribution is 2.49. The van der Waals surface area contributed by atoms with Crippen LogP contribution in [0.25, 0.3) is 0 Å². The molecule has 18 fully saturated rings. The predicted molar refractivity (Wildman–Crippen MR) is 563 cm³/mol. The van der Waals surface area contributed by atoms with Gasteiger partial charge in [0.15, 0.2) is 0 Å². The number of rotatable bonds is 21. The van der Waals surface area contributed by atoms with E-state index < -0.39 is 0 Å². The van der Waals surface area contributed by atoms with Gasteiger partial charge < -0.3 is 57.3 Å². The van der Waals surface area contributed by atoms with E-state index >= 15 is 0 Å². The highest BCUT2D eigenvalue weighted by Gasteiger charge is 2.45. The Balaban J connectivity index is 0.000000201. The van der Waals surface area contributed by atoms with Gasteiger partial charge >= 0.3 is 0 Å². The van der Waals surface area contributed by atoms with Crippen LogP contribution in [-0.2, 0) is 42.6 Å². The summed E-state index contributed by atoms with van der Waals surface area (Å²) >= 11 is 0. The van der Waals surface area contributed by atoms with Crippen LogP contribution in [-0.4, -0.2) is 362 Å². The maximum absolute atomic E-state index is 5.33. The Labute approximate surface area is 825 Å². The first-order chi connectivity index (χ1) is 63.9. The molecule has 19 heteroatoms. The topological polar surface area (TPSA) is 115 Å². The summed E-state index contributed by atoms with van der Waals surface area (Å²) in [6.07, 6.45) is 53.4. The third-order valence-electron chi connectivity index (χ3n) is 35.8. The molecular formula is C114H226N10O9. The molecule has 9 aliphatic heterocycles. The summed E-state index contributed by atoms with van der Waals surface area (Å²) in [6, 6.07) is 6.51. The van der Waals surface area contributed by atoms with Crippen molar-refractivity contribution in [3.8, 4) is 0 Å². The van der Waals surface area contributed by atoms with Crippen LogP contribution in [0.2, 0.25) is 0 Å². The molecule has 0 N–H and O–H groups in total. The lowest BCUT2D eigenvalue weighted by molar-refractivity contribution is -0.0462. The smallest absolute Gasteiger partial charge is 0.0601 e. The minimum atomic E-state index is 0.537. The first-order valence-electron chi connectivity index (χ1n) is 56.8. The molecule has 2 spiro atoms. The number of likely N-dealkylation sites (N-methyl/N-ethyl adjacent to an activating group) is 1. The Kier molecular flexibility index (Phi) is 57.5. The largest absolute Gasteiger partial charge is 0.388 e. The summed E-state index contributed by atoms with van der Waals surface area (Å²) in [5.74, 6) is 9.73. The number of ether oxygens (including phenoxy) is 9. The van der Waals surface area contributed by atoms with Gasteiger partial charge in [-0.2, -0.15) is 0 Å². The van der Waals surface area contributed by atoms with Gasteiger partial charge in [0.25, 0.3) is 0 Å². The van der Waals surface area contributed by atoms with Gasteiger partial charge in [-0.3, -0.25) is 34.3 Å². The van der Waals surface area contributed by atoms with Crippen molar-refractivity contribution >= 4 is 0 Å². The summed E-state index contributed by atoms with van der Waals surface area (Å²) in [4.78, 5) is 26.4. The molecule has 9 heterocycles. The van der Waals surface area contributed by atoms with Gasteiger partial charge in [-0.15, -0.1) is 0 Å². The number of methoxy groups -OCH3 is 9. The second kappa shape index (κ2) is 64.2. The number of piperidine rings is 7. The summed E-state index contributed by atoms with van der Waals surface area (Å²) in [5, 5.41) is 0. The molecule has 19 nitrogen and oxygen atoms in total. The quantitative estimate of drug-likeness (QED) is 0.108. The molecule has 9 aliphatic carbocycles. The molecule has 9 saturated heterocycles. The van der Waals surface area contributed by atoms with Crippen molar-refractivity contribution < 1.29 is 42.6 Å². The molecule has 9 saturated carbocycles. The van der Waals surface area contributed by atoms with Crippen LogP contribution in [0.3, 0.4) is 0 Å². The predicted octanol–water partition coefficient (Wildman–Crippen LogP) is 21.8. The van der Waals surface area contributed by atoms with Gasteiger partial charge in [0.1, 0.15) is 0 Å². The maximum Gasteiger partial charge on any atom is 0.0601 e. The standard InChI is InChI=1S/5C12H23NO.C11H22N2O.C11H21NO.2C10H19N.C5H12O.C5H12.C2H6O/c3*1-9-4-10(2)8-13(7-9)11-5-12(6-11)14-3;2*1-3-10-5-4-6-13(9-10)11-7-12(8-11)14-2;1-9-8-13(5-4-12(9)2)10-6-11(7-10)14-3;1-9-4-3-5-12(8-9)10-6-11(7-10)13-2;1-2-11-8-6-10(7-9-11)4-3-5-10;1-2-11-8-7-10(9-11)5-3-4-6-10;1-5(2)4-6-3;1-4-5(2)3;1-3-2/h3*9-12H,4-8H2,1-3H3;2*10-12H,3-9H2,1-2H3;9-11H,4-8H2,1-3H3;9-11H,3-8H2,1-2H3;2*2-9H2,1H3;5H,4H2,1-3H3;5H,4H2,1-3H3;1-2H3/t9-,10+,11?,12?;2*9-,10-,11?,12?;2*10-,11?,12?;2*9-,10?,11?;;;;;/m.101001...../s1. The second-order valence-electron chi connectivity index (χ2n) is 48.1. The van der Waals surface area contributed by atoms with Crippen molar-refractivity contribution in [3.63, 3.8) is 0 Å². The molecule has 0 bridgehead atoms. The molecule has 133 heavy (non-hydrogen) atoms. The molecule has 18 rings (SSSR count). The highest BCUT2D eigenvalue weighted by atomic mass is 16.5. The minimum Gasteiger partial charge on any atom is -0.388 e. The van der Waals surface area contributed by atoms with Gasteiger partial charge in [-0.25, -0.2) is 0 Å². The Hall–Kier alpha value is -0.760. The molecule has 0 radical (unpaired) electrons. The number of hydrogen-bond acceptors (Lipinski definition) is 19. The minimum absolute atomic E-state index is 0.537. The van der Waals surface area contributed by atoms with Gasteiger partial charge in [0.05, 0.1) is 42.7 Å². The van der Waals surface area contributed by atoms with E-state index in [2.05, 4.69) is 178 Å². The van der Waals surface area contributed by atoms with E-state index in [9.17, 15) is 0 Å². The van der Waals surface area contributed by atoms with E-state index in [1.807, 2.05) is 49.8 Å². The summed E-state index contributed by atoms with van der Waals surface area (Å²) in [6.45, 7) is 67.6. The molecule has 0 unspecified atom stereocenters. The van der Waals surface area contributed by atoms with Crippen LogP contribution >= 0.6 is 0 Å². The van der Waals surface area contributed by atoms with E-state index in [1.54, 1.807) is 21.3 Å². The normalized spacial score (nSPS) is 36.8. The zero-order valence-electron chi connectivity index (χ0n) is 93.2. The van der Waals surface area contributed by atoms with E-state index in [0.717, 1.165) is 119 Å². The molecule has 0 aromatic rings. The van der Waals surface area contributed by atoms with Gasteiger partial charge in [-0.05, 0) is 335 Å². The van der Waals surface area contributed by atoms with Crippen molar-refractivity contribution in [1.29, 1.82) is 0 Å². The third kappa shape index (κ3) is 41.7. The van der Waals surface area contributed by atoms with Gasteiger partial charge in [0, 0.05) is 211 Å². The Bertz CT molecular complexity index is 2650. The van der Waals surface area contributed by atoms with Crippen molar-refractivity contribution in [1.82, 2.24) is 49.0 Å². The molecule has 10 atom stereocenters.